The number of halogens is 1. The van der Waals surface area contributed by atoms with Gasteiger partial charge in [-0.2, -0.15) is 0 Å². The van der Waals surface area contributed by atoms with Crippen molar-refractivity contribution in [1.82, 2.24) is 5.32 Å². The SMILES string of the molecule is Cl.O=C(Nc1ccccc1Oc1ccccc1)C1CCCNC1. The van der Waals surface area contributed by atoms with Crippen molar-refractivity contribution in [1.29, 1.82) is 0 Å². The van der Waals surface area contributed by atoms with Gasteiger partial charge in [0.25, 0.3) is 0 Å². The summed E-state index contributed by atoms with van der Waals surface area (Å²) >= 11 is 0. The number of hydrogen-bond donors (Lipinski definition) is 2. The third-order valence-corrected chi connectivity index (χ3v) is 3.78. The largest absolute Gasteiger partial charge is 0.455 e. The molecule has 1 aliphatic heterocycles. The van der Waals surface area contributed by atoms with E-state index in [1.807, 2.05) is 54.6 Å². The smallest absolute Gasteiger partial charge is 0.228 e. The van der Waals surface area contributed by atoms with Crippen LogP contribution in [0.2, 0.25) is 0 Å². The Balaban J connectivity index is 0.00000192. The number of hydrogen-bond acceptors (Lipinski definition) is 3. The Morgan fingerprint density at radius 1 is 1.09 bits per heavy atom. The van der Waals surface area contributed by atoms with Crippen molar-refractivity contribution >= 4 is 24.0 Å². The number of nitrogens with one attached hydrogen (secondary N) is 2. The summed E-state index contributed by atoms with van der Waals surface area (Å²) in [5.74, 6) is 1.49. The lowest BCUT2D eigenvalue weighted by Crippen LogP contribution is -2.37. The molecule has 0 radical (unpaired) electrons. The molecule has 0 saturated carbocycles. The Morgan fingerprint density at radius 2 is 1.83 bits per heavy atom. The van der Waals surface area contributed by atoms with Gasteiger partial charge in [0.05, 0.1) is 11.6 Å². The molecular formula is C18H21ClN2O2. The second-order valence-electron chi connectivity index (χ2n) is 5.44. The second-order valence-corrected chi connectivity index (χ2v) is 5.44. The summed E-state index contributed by atoms with van der Waals surface area (Å²) in [6.45, 7) is 1.74. The van der Waals surface area contributed by atoms with Gasteiger partial charge in [-0.3, -0.25) is 4.79 Å². The average molecular weight is 333 g/mol. The number of benzene rings is 2. The summed E-state index contributed by atoms with van der Waals surface area (Å²) in [5, 5.41) is 6.26. The predicted octanol–water partition coefficient (Wildman–Crippen LogP) is 3.84. The van der Waals surface area contributed by atoms with Crippen molar-refractivity contribution < 1.29 is 9.53 Å². The minimum Gasteiger partial charge on any atom is -0.455 e. The first-order valence-electron chi connectivity index (χ1n) is 7.66. The Morgan fingerprint density at radius 3 is 2.57 bits per heavy atom. The van der Waals surface area contributed by atoms with E-state index in [4.69, 9.17) is 4.74 Å². The molecule has 2 aromatic carbocycles. The highest BCUT2D eigenvalue weighted by Gasteiger charge is 2.21. The van der Waals surface area contributed by atoms with Gasteiger partial charge in [-0.05, 0) is 43.7 Å². The molecule has 1 atom stereocenters. The van der Waals surface area contributed by atoms with E-state index in [1.165, 1.54) is 0 Å². The van der Waals surface area contributed by atoms with Crippen LogP contribution >= 0.6 is 12.4 Å². The normalized spacial score (nSPS) is 17.0. The Hall–Kier alpha value is -2.04. The van der Waals surface area contributed by atoms with Gasteiger partial charge < -0.3 is 15.4 Å². The topological polar surface area (TPSA) is 50.4 Å². The Labute approximate surface area is 142 Å². The number of carbonyl (C=O) groups excluding carboxylic acids is 1. The lowest BCUT2D eigenvalue weighted by atomic mass is 9.99. The van der Waals surface area contributed by atoms with E-state index >= 15 is 0 Å². The van der Waals surface area contributed by atoms with E-state index in [2.05, 4.69) is 10.6 Å². The summed E-state index contributed by atoms with van der Waals surface area (Å²) in [6.07, 6.45) is 1.97. The molecule has 23 heavy (non-hydrogen) atoms. The molecule has 1 heterocycles. The minimum atomic E-state index is 0. The van der Waals surface area contributed by atoms with Gasteiger partial charge in [-0.25, -0.2) is 0 Å². The molecule has 2 aromatic rings. The van der Waals surface area contributed by atoms with E-state index in [-0.39, 0.29) is 24.2 Å². The van der Waals surface area contributed by atoms with Crippen molar-refractivity contribution in [3.05, 3.63) is 54.6 Å². The van der Waals surface area contributed by atoms with Gasteiger partial charge in [0.1, 0.15) is 5.75 Å². The molecule has 4 nitrogen and oxygen atoms in total. The number of anilines is 1. The van der Waals surface area contributed by atoms with E-state index in [1.54, 1.807) is 0 Å². The minimum absolute atomic E-state index is 0. The van der Waals surface area contributed by atoms with Crippen LogP contribution in [0.25, 0.3) is 0 Å². The van der Waals surface area contributed by atoms with E-state index < -0.39 is 0 Å². The lowest BCUT2D eigenvalue weighted by Gasteiger charge is -2.22. The first kappa shape index (κ1) is 17.3. The van der Waals surface area contributed by atoms with Crippen LogP contribution in [0.15, 0.2) is 54.6 Å². The van der Waals surface area contributed by atoms with Crippen molar-refractivity contribution in [2.24, 2.45) is 5.92 Å². The Bertz CT molecular complexity index is 628. The fraction of sp³-hybridized carbons (Fsp3) is 0.278. The monoisotopic (exact) mass is 332 g/mol. The number of ether oxygens (including phenoxy) is 1. The third kappa shape index (κ3) is 4.71. The highest BCUT2D eigenvalue weighted by Crippen LogP contribution is 2.29. The van der Waals surface area contributed by atoms with Gasteiger partial charge in [-0.15, -0.1) is 12.4 Å². The van der Waals surface area contributed by atoms with Gasteiger partial charge >= 0.3 is 0 Å². The molecule has 122 valence electrons. The first-order chi connectivity index (χ1) is 10.8. The summed E-state index contributed by atoms with van der Waals surface area (Å²) in [7, 11) is 0. The number of amides is 1. The maximum atomic E-state index is 12.4. The van der Waals surface area contributed by atoms with Gasteiger partial charge in [0.15, 0.2) is 5.75 Å². The molecule has 0 bridgehead atoms. The van der Waals surface area contributed by atoms with Crippen molar-refractivity contribution in [2.45, 2.75) is 12.8 Å². The molecule has 5 heteroatoms. The van der Waals surface area contributed by atoms with Crippen molar-refractivity contribution in [2.75, 3.05) is 18.4 Å². The lowest BCUT2D eigenvalue weighted by molar-refractivity contribution is -0.120. The zero-order chi connectivity index (χ0) is 15.2. The van der Waals surface area contributed by atoms with Crippen LogP contribution in [0.3, 0.4) is 0 Å². The molecule has 0 spiro atoms. The van der Waals surface area contributed by atoms with Crippen molar-refractivity contribution in [3.8, 4) is 11.5 Å². The fourth-order valence-electron chi connectivity index (χ4n) is 2.58. The zero-order valence-electron chi connectivity index (χ0n) is 12.8. The maximum Gasteiger partial charge on any atom is 0.228 e. The second kappa shape index (κ2) is 8.56. The van der Waals surface area contributed by atoms with E-state index in [0.29, 0.717) is 11.4 Å². The van der Waals surface area contributed by atoms with Crippen LogP contribution in [-0.4, -0.2) is 19.0 Å². The van der Waals surface area contributed by atoms with Gasteiger partial charge in [0.2, 0.25) is 5.91 Å². The number of rotatable bonds is 4. The summed E-state index contributed by atoms with van der Waals surface area (Å²) in [4.78, 5) is 12.4. The fourth-order valence-corrected chi connectivity index (χ4v) is 2.58. The van der Waals surface area contributed by atoms with E-state index in [0.717, 1.165) is 31.7 Å². The van der Waals surface area contributed by atoms with Crippen LogP contribution in [0.4, 0.5) is 5.69 Å². The molecule has 3 rings (SSSR count). The van der Waals surface area contributed by atoms with Gasteiger partial charge in [0, 0.05) is 6.54 Å². The highest BCUT2D eigenvalue weighted by atomic mass is 35.5. The van der Waals surface area contributed by atoms with Crippen molar-refractivity contribution in [3.63, 3.8) is 0 Å². The molecule has 0 aromatic heterocycles. The van der Waals surface area contributed by atoms with Crippen LogP contribution < -0.4 is 15.4 Å². The number of piperidine rings is 1. The first-order valence-corrected chi connectivity index (χ1v) is 7.66. The van der Waals surface area contributed by atoms with Crippen LogP contribution in [0.5, 0.6) is 11.5 Å². The van der Waals surface area contributed by atoms with Crippen LogP contribution in [0, 0.1) is 5.92 Å². The standard InChI is InChI=1S/C18H20N2O2.ClH/c21-18(14-7-6-12-19-13-14)20-16-10-4-5-11-17(16)22-15-8-2-1-3-9-15;/h1-5,8-11,14,19H,6-7,12-13H2,(H,20,21);1H. The molecule has 1 aliphatic rings. The number of para-hydroxylation sites is 3. The zero-order valence-corrected chi connectivity index (χ0v) is 13.6. The quantitative estimate of drug-likeness (QED) is 0.894. The molecule has 1 amide bonds. The summed E-state index contributed by atoms with van der Waals surface area (Å²) in [5.41, 5.74) is 0.710. The summed E-state index contributed by atoms with van der Waals surface area (Å²) < 4.78 is 5.87. The molecule has 0 aliphatic carbocycles. The predicted molar refractivity (Wildman–Crippen MR) is 94.4 cm³/mol. The van der Waals surface area contributed by atoms with Crippen LogP contribution in [0.1, 0.15) is 12.8 Å². The number of carbonyl (C=O) groups is 1. The Kier molecular flexibility index (Phi) is 6.44. The maximum absolute atomic E-state index is 12.4. The summed E-state index contributed by atoms with van der Waals surface area (Å²) in [6, 6.07) is 17.1. The highest BCUT2D eigenvalue weighted by molar-refractivity contribution is 5.94. The molecule has 2 N–H and O–H groups in total. The molecule has 1 fully saturated rings. The molecule has 1 unspecified atom stereocenters. The van der Waals surface area contributed by atoms with E-state index in [9.17, 15) is 4.79 Å². The molecule has 1 saturated heterocycles. The van der Waals surface area contributed by atoms with Crippen LogP contribution in [-0.2, 0) is 4.79 Å². The molecular weight excluding hydrogens is 312 g/mol. The van der Waals surface area contributed by atoms with Gasteiger partial charge in [-0.1, -0.05) is 30.3 Å². The third-order valence-electron chi connectivity index (χ3n) is 3.78. The average Bonchev–Trinajstić information content (AvgIpc) is 2.58.